The van der Waals surface area contributed by atoms with Crippen LogP contribution in [0.4, 0.5) is 0 Å². The number of likely N-dealkylation sites (N-methyl/N-ethyl adjacent to an activating group) is 1. The van der Waals surface area contributed by atoms with Gasteiger partial charge in [0.05, 0.1) is 0 Å². The molecule has 0 saturated heterocycles. The van der Waals surface area contributed by atoms with Crippen LogP contribution in [0, 0.1) is 5.92 Å². The van der Waals surface area contributed by atoms with Gasteiger partial charge in [0.1, 0.15) is 0 Å². The van der Waals surface area contributed by atoms with Crippen LogP contribution in [0.2, 0.25) is 5.02 Å². The van der Waals surface area contributed by atoms with Gasteiger partial charge in [-0.2, -0.15) is 0 Å². The molecular weight excluding hydrogens is 280 g/mol. The Balaban J connectivity index is 1.66. The van der Waals surface area contributed by atoms with Crippen molar-refractivity contribution < 1.29 is 0 Å². The van der Waals surface area contributed by atoms with E-state index in [-0.39, 0.29) is 0 Å². The van der Waals surface area contributed by atoms with E-state index in [1.54, 1.807) is 0 Å². The average molecular weight is 309 g/mol. The summed E-state index contributed by atoms with van der Waals surface area (Å²) in [6.07, 6.45) is 7.14. The van der Waals surface area contributed by atoms with Crippen molar-refractivity contribution in [2.45, 2.75) is 45.1 Å². The van der Waals surface area contributed by atoms with E-state index in [0.29, 0.717) is 6.04 Å². The largest absolute Gasteiger partial charge is 0.315 e. The molecule has 1 aliphatic rings. The van der Waals surface area contributed by atoms with Gasteiger partial charge in [0, 0.05) is 24.2 Å². The zero-order chi connectivity index (χ0) is 15.1. The predicted molar refractivity (Wildman–Crippen MR) is 91.9 cm³/mol. The van der Waals surface area contributed by atoms with Crippen molar-refractivity contribution >= 4 is 11.6 Å². The number of hydrogen-bond donors (Lipinski definition) is 1. The van der Waals surface area contributed by atoms with Crippen molar-refractivity contribution in [3.05, 3.63) is 34.9 Å². The summed E-state index contributed by atoms with van der Waals surface area (Å²) in [6, 6.07) is 8.63. The van der Waals surface area contributed by atoms with Crippen LogP contribution in [0.15, 0.2) is 24.3 Å². The standard InChI is InChI=1S/C18H29ClN2/c1-15(17-8-10-18(19)11-9-17)21(2)13-12-20-14-16-6-4-3-5-7-16/h8-11,15-16,20H,3-7,12-14H2,1-2H3. The molecule has 1 N–H and O–H groups in total. The summed E-state index contributed by atoms with van der Waals surface area (Å²) >= 11 is 5.95. The summed E-state index contributed by atoms with van der Waals surface area (Å²) in [7, 11) is 2.20. The van der Waals surface area contributed by atoms with E-state index >= 15 is 0 Å². The summed E-state index contributed by atoms with van der Waals surface area (Å²) in [6.45, 7) is 5.61. The van der Waals surface area contributed by atoms with Gasteiger partial charge in [0.25, 0.3) is 0 Å². The molecule has 2 nitrogen and oxygen atoms in total. The fourth-order valence-corrected chi connectivity index (χ4v) is 3.27. The van der Waals surface area contributed by atoms with Crippen molar-refractivity contribution in [3.63, 3.8) is 0 Å². The lowest BCUT2D eigenvalue weighted by Crippen LogP contribution is -2.33. The Bertz CT molecular complexity index is 398. The molecule has 0 radical (unpaired) electrons. The highest BCUT2D eigenvalue weighted by Gasteiger charge is 2.14. The molecule has 0 heterocycles. The van der Waals surface area contributed by atoms with Gasteiger partial charge >= 0.3 is 0 Å². The fourth-order valence-electron chi connectivity index (χ4n) is 3.14. The maximum absolute atomic E-state index is 5.95. The van der Waals surface area contributed by atoms with Crippen LogP contribution in [-0.2, 0) is 0 Å². The topological polar surface area (TPSA) is 15.3 Å². The molecule has 1 aromatic carbocycles. The summed E-state index contributed by atoms with van der Waals surface area (Å²) in [4.78, 5) is 2.40. The smallest absolute Gasteiger partial charge is 0.0406 e. The Morgan fingerprint density at radius 2 is 1.86 bits per heavy atom. The van der Waals surface area contributed by atoms with Crippen LogP contribution in [0.25, 0.3) is 0 Å². The van der Waals surface area contributed by atoms with Crippen LogP contribution in [0.1, 0.15) is 50.6 Å². The highest BCUT2D eigenvalue weighted by atomic mass is 35.5. The average Bonchev–Trinajstić information content (AvgIpc) is 2.52. The molecule has 1 saturated carbocycles. The minimum atomic E-state index is 0.429. The molecule has 0 aliphatic heterocycles. The van der Waals surface area contributed by atoms with E-state index in [9.17, 15) is 0 Å². The van der Waals surface area contributed by atoms with E-state index in [0.717, 1.165) is 24.0 Å². The highest BCUT2D eigenvalue weighted by Crippen LogP contribution is 2.23. The zero-order valence-corrected chi connectivity index (χ0v) is 14.2. The van der Waals surface area contributed by atoms with E-state index in [2.05, 4.69) is 36.3 Å². The van der Waals surface area contributed by atoms with Crippen molar-refractivity contribution in [3.8, 4) is 0 Å². The maximum Gasteiger partial charge on any atom is 0.0406 e. The number of hydrogen-bond acceptors (Lipinski definition) is 2. The summed E-state index contributed by atoms with van der Waals surface area (Å²) in [5.74, 6) is 0.915. The third kappa shape index (κ3) is 5.61. The van der Waals surface area contributed by atoms with Gasteiger partial charge in [-0.3, -0.25) is 4.90 Å². The molecule has 2 rings (SSSR count). The molecule has 1 aromatic rings. The molecular formula is C18H29ClN2. The number of benzene rings is 1. The monoisotopic (exact) mass is 308 g/mol. The van der Waals surface area contributed by atoms with E-state index in [1.165, 1.54) is 44.2 Å². The van der Waals surface area contributed by atoms with E-state index in [1.807, 2.05) is 12.1 Å². The highest BCUT2D eigenvalue weighted by molar-refractivity contribution is 6.30. The van der Waals surface area contributed by atoms with Crippen molar-refractivity contribution in [1.82, 2.24) is 10.2 Å². The Morgan fingerprint density at radius 1 is 1.19 bits per heavy atom. The van der Waals surface area contributed by atoms with Crippen LogP contribution in [-0.4, -0.2) is 31.6 Å². The van der Waals surface area contributed by atoms with E-state index in [4.69, 9.17) is 11.6 Å². The van der Waals surface area contributed by atoms with Crippen molar-refractivity contribution in [2.24, 2.45) is 5.92 Å². The van der Waals surface area contributed by atoms with Crippen LogP contribution in [0.5, 0.6) is 0 Å². The molecule has 0 amide bonds. The van der Waals surface area contributed by atoms with Gasteiger partial charge in [-0.1, -0.05) is 43.0 Å². The van der Waals surface area contributed by atoms with E-state index < -0.39 is 0 Å². The first-order chi connectivity index (χ1) is 10.2. The molecule has 0 aromatic heterocycles. The van der Waals surface area contributed by atoms with Gasteiger partial charge in [-0.05, 0) is 57.0 Å². The lowest BCUT2D eigenvalue weighted by Gasteiger charge is -2.26. The Hall–Kier alpha value is -0.570. The molecule has 1 unspecified atom stereocenters. The quantitative estimate of drug-likeness (QED) is 0.746. The molecule has 0 spiro atoms. The molecule has 1 aliphatic carbocycles. The fraction of sp³-hybridized carbons (Fsp3) is 0.667. The minimum absolute atomic E-state index is 0.429. The van der Waals surface area contributed by atoms with Gasteiger partial charge in [-0.25, -0.2) is 0 Å². The minimum Gasteiger partial charge on any atom is -0.315 e. The number of nitrogens with zero attached hydrogens (tertiary/aromatic N) is 1. The Morgan fingerprint density at radius 3 is 2.52 bits per heavy atom. The van der Waals surface area contributed by atoms with Crippen molar-refractivity contribution in [2.75, 3.05) is 26.7 Å². The van der Waals surface area contributed by atoms with Gasteiger partial charge in [0.15, 0.2) is 0 Å². The first-order valence-electron chi connectivity index (χ1n) is 8.33. The zero-order valence-electron chi connectivity index (χ0n) is 13.4. The third-order valence-corrected chi connectivity index (χ3v) is 5.06. The summed E-state index contributed by atoms with van der Waals surface area (Å²) < 4.78 is 0. The Labute approximate surface area is 134 Å². The summed E-state index contributed by atoms with van der Waals surface area (Å²) in [5, 5.41) is 4.45. The van der Waals surface area contributed by atoms with Crippen LogP contribution in [0.3, 0.4) is 0 Å². The molecule has 3 heteroatoms. The lowest BCUT2D eigenvalue weighted by atomic mass is 9.89. The van der Waals surface area contributed by atoms with Crippen LogP contribution < -0.4 is 5.32 Å². The first-order valence-corrected chi connectivity index (χ1v) is 8.71. The SMILES string of the molecule is CC(c1ccc(Cl)cc1)N(C)CCNCC1CCCCC1. The van der Waals surface area contributed by atoms with Crippen LogP contribution >= 0.6 is 11.6 Å². The van der Waals surface area contributed by atoms with Gasteiger partial charge < -0.3 is 5.32 Å². The molecule has 1 atom stereocenters. The van der Waals surface area contributed by atoms with Crippen molar-refractivity contribution in [1.29, 1.82) is 0 Å². The molecule has 0 bridgehead atoms. The third-order valence-electron chi connectivity index (χ3n) is 4.81. The molecule has 1 fully saturated rings. The molecule has 21 heavy (non-hydrogen) atoms. The summed E-state index contributed by atoms with van der Waals surface area (Å²) in [5.41, 5.74) is 1.33. The molecule has 118 valence electrons. The maximum atomic E-state index is 5.95. The normalized spacial score (nSPS) is 18.1. The lowest BCUT2D eigenvalue weighted by molar-refractivity contribution is 0.255. The number of rotatable bonds is 7. The first kappa shape index (κ1) is 16.8. The second-order valence-corrected chi connectivity index (χ2v) is 6.85. The van der Waals surface area contributed by atoms with Gasteiger partial charge in [0.2, 0.25) is 0 Å². The second kappa shape index (κ2) is 8.77. The van der Waals surface area contributed by atoms with Gasteiger partial charge in [-0.15, -0.1) is 0 Å². The second-order valence-electron chi connectivity index (χ2n) is 6.42. The number of nitrogens with one attached hydrogen (secondary N) is 1. The predicted octanol–water partition coefficient (Wildman–Crippen LogP) is 4.50. The Kier molecular flexibility index (Phi) is 7.01. The number of halogens is 1.